The molecular formula is C26H29FN4O2. The summed E-state index contributed by atoms with van der Waals surface area (Å²) in [7, 11) is 5.35. The van der Waals surface area contributed by atoms with E-state index in [1.807, 2.05) is 43.5 Å². The number of hydrogen-bond acceptors (Lipinski definition) is 5. The van der Waals surface area contributed by atoms with E-state index in [-0.39, 0.29) is 11.5 Å². The molecule has 2 aliphatic rings. The van der Waals surface area contributed by atoms with E-state index in [4.69, 9.17) is 4.74 Å². The van der Waals surface area contributed by atoms with Gasteiger partial charge in [-0.25, -0.2) is 4.39 Å². The number of carbonyl (C=O) groups is 1. The molecule has 2 aromatic carbocycles. The number of piperidine rings is 1. The van der Waals surface area contributed by atoms with Crippen LogP contribution in [-0.4, -0.2) is 56.0 Å². The van der Waals surface area contributed by atoms with Crippen LogP contribution in [0.1, 0.15) is 36.0 Å². The highest BCUT2D eigenvalue weighted by atomic mass is 19.1. The Morgan fingerprint density at radius 2 is 1.82 bits per heavy atom. The summed E-state index contributed by atoms with van der Waals surface area (Å²) in [6, 6.07) is 14.5. The van der Waals surface area contributed by atoms with Gasteiger partial charge in [-0.05, 0) is 61.7 Å². The first-order valence-corrected chi connectivity index (χ1v) is 11.2. The minimum absolute atomic E-state index is 0.0166. The predicted octanol–water partition coefficient (Wildman–Crippen LogP) is 3.38. The second-order valence-corrected chi connectivity index (χ2v) is 8.60. The minimum Gasteiger partial charge on any atom is -0.497 e. The highest BCUT2D eigenvalue weighted by Crippen LogP contribution is 2.44. The van der Waals surface area contributed by atoms with Crippen molar-refractivity contribution in [1.82, 2.24) is 15.1 Å². The van der Waals surface area contributed by atoms with E-state index in [0.717, 1.165) is 31.5 Å². The molecule has 33 heavy (non-hydrogen) atoms. The van der Waals surface area contributed by atoms with E-state index in [2.05, 4.69) is 10.2 Å². The highest BCUT2D eigenvalue weighted by Gasteiger charge is 2.45. The first kappa shape index (κ1) is 22.8. The quantitative estimate of drug-likeness (QED) is 0.760. The maximum atomic E-state index is 14.7. The number of nitriles is 1. The average Bonchev–Trinajstić information content (AvgIpc) is 2.86. The lowest BCUT2D eigenvalue weighted by Gasteiger charge is -2.47. The fourth-order valence-corrected chi connectivity index (χ4v) is 5.01. The predicted molar refractivity (Wildman–Crippen MR) is 124 cm³/mol. The van der Waals surface area contributed by atoms with Gasteiger partial charge in [0, 0.05) is 26.2 Å². The first-order chi connectivity index (χ1) is 15.9. The van der Waals surface area contributed by atoms with Gasteiger partial charge in [-0.3, -0.25) is 4.79 Å². The van der Waals surface area contributed by atoms with Crippen molar-refractivity contribution in [3.05, 3.63) is 76.7 Å². The minimum atomic E-state index is -0.898. The molecule has 4 rings (SSSR count). The second-order valence-electron chi connectivity index (χ2n) is 8.60. The third-order valence-electron chi connectivity index (χ3n) is 7.07. The molecule has 1 atom stereocenters. The van der Waals surface area contributed by atoms with Crippen molar-refractivity contribution >= 4 is 5.91 Å². The average molecular weight is 449 g/mol. The zero-order chi connectivity index (χ0) is 23.6. The Hall–Kier alpha value is -3.37. The van der Waals surface area contributed by atoms with Gasteiger partial charge >= 0.3 is 0 Å². The highest BCUT2D eigenvalue weighted by molar-refractivity contribution is 5.95. The van der Waals surface area contributed by atoms with Gasteiger partial charge in [0.25, 0.3) is 5.91 Å². The van der Waals surface area contributed by atoms with Gasteiger partial charge in [0.15, 0.2) is 0 Å². The summed E-state index contributed by atoms with van der Waals surface area (Å²) >= 11 is 0. The summed E-state index contributed by atoms with van der Waals surface area (Å²) in [5.41, 5.74) is 1.27. The van der Waals surface area contributed by atoms with Crippen molar-refractivity contribution in [3.8, 4) is 11.8 Å². The van der Waals surface area contributed by atoms with Crippen LogP contribution in [0.25, 0.3) is 0 Å². The zero-order valence-corrected chi connectivity index (χ0v) is 19.3. The number of hydrogen-bond donors (Lipinski definition) is 1. The summed E-state index contributed by atoms with van der Waals surface area (Å²) in [5, 5.41) is 12.5. The number of nitrogens with zero attached hydrogens (tertiary/aromatic N) is 3. The lowest BCUT2D eigenvalue weighted by Crippen LogP contribution is -2.54. The Morgan fingerprint density at radius 1 is 1.15 bits per heavy atom. The molecule has 1 N–H and O–H groups in total. The number of halogens is 1. The second kappa shape index (κ2) is 9.24. The summed E-state index contributed by atoms with van der Waals surface area (Å²) in [6.07, 6.45) is 4.45. The van der Waals surface area contributed by atoms with Crippen LogP contribution >= 0.6 is 0 Å². The number of likely N-dealkylation sites (tertiary alicyclic amines) is 1. The molecule has 0 aliphatic carbocycles. The number of methoxy groups -OCH3 is 1. The number of benzene rings is 2. The zero-order valence-electron chi connectivity index (χ0n) is 19.3. The van der Waals surface area contributed by atoms with Gasteiger partial charge in [0.1, 0.15) is 17.6 Å². The number of amides is 1. The van der Waals surface area contributed by atoms with Crippen LogP contribution in [0.4, 0.5) is 4.39 Å². The monoisotopic (exact) mass is 448 g/mol. The molecule has 1 fully saturated rings. The van der Waals surface area contributed by atoms with Crippen molar-refractivity contribution in [1.29, 1.82) is 5.26 Å². The Balaban J connectivity index is 1.78. The van der Waals surface area contributed by atoms with Gasteiger partial charge in [0.05, 0.1) is 23.9 Å². The lowest BCUT2D eigenvalue weighted by molar-refractivity contribution is -0.133. The topological polar surface area (TPSA) is 68.6 Å². The van der Waals surface area contributed by atoms with Gasteiger partial charge in [-0.1, -0.05) is 24.3 Å². The van der Waals surface area contributed by atoms with Crippen LogP contribution in [-0.2, 0) is 10.3 Å². The molecule has 0 bridgehead atoms. The SMILES string of the molecule is CNC1CCN(C2=CCC(c3ccc(OC)cc3)(c3ccc(C#N)c(F)c3)N(C)C2=O)CC1. The molecule has 0 radical (unpaired) electrons. The number of ether oxygens (including phenoxy) is 1. The van der Waals surface area contributed by atoms with E-state index < -0.39 is 11.4 Å². The smallest absolute Gasteiger partial charge is 0.270 e. The molecule has 0 saturated carbocycles. The van der Waals surface area contributed by atoms with Crippen LogP contribution in [0.5, 0.6) is 5.75 Å². The van der Waals surface area contributed by atoms with Gasteiger partial charge in [-0.15, -0.1) is 0 Å². The number of nitrogens with one attached hydrogen (secondary N) is 1. The Kier molecular flexibility index (Phi) is 6.39. The summed E-state index contributed by atoms with van der Waals surface area (Å²) in [6.45, 7) is 1.63. The van der Waals surface area contributed by atoms with Crippen molar-refractivity contribution in [2.24, 2.45) is 0 Å². The van der Waals surface area contributed by atoms with Crippen LogP contribution in [0, 0.1) is 17.1 Å². The van der Waals surface area contributed by atoms with E-state index in [9.17, 15) is 14.4 Å². The van der Waals surface area contributed by atoms with Crippen LogP contribution in [0.15, 0.2) is 54.2 Å². The van der Waals surface area contributed by atoms with E-state index in [0.29, 0.717) is 29.5 Å². The summed E-state index contributed by atoms with van der Waals surface area (Å²) in [5.74, 6) is 0.0192. The van der Waals surface area contributed by atoms with Crippen molar-refractivity contribution in [2.45, 2.75) is 30.8 Å². The standard InChI is InChI=1S/C26H29FN4O2/c1-29-21-11-14-31(15-12-21)24-10-13-26(30(2)25(24)32,19-6-8-22(33-3)9-7-19)20-5-4-18(17-28)23(27)16-20/h4-10,16,21,29H,11-15H2,1-3H3. The lowest BCUT2D eigenvalue weighted by atomic mass is 9.76. The normalized spacial score (nSPS) is 21.5. The van der Waals surface area contributed by atoms with Crippen LogP contribution in [0.3, 0.4) is 0 Å². The maximum absolute atomic E-state index is 14.7. The van der Waals surface area contributed by atoms with Gasteiger partial charge < -0.3 is 19.9 Å². The van der Waals surface area contributed by atoms with Crippen LogP contribution in [0.2, 0.25) is 0 Å². The molecule has 1 saturated heterocycles. The number of likely N-dealkylation sites (N-methyl/N-ethyl adjacent to an activating group) is 1. The number of carbonyl (C=O) groups excluding carboxylic acids is 1. The summed E-state index contributed by atoms with van der Waals surface area (Å²) in [4.78, 5) is 17.6. The van der Waals surface area contributed by atoms with Crippen molar-refractivity contribution < 1.29 is 13.9 Å². The Labute approximate surface area is 194 Å². The molecule has 1 unspecified atom stereocenters. The van der Waals surface area contributed by atoms with Crippen LogP contribution < -0.4 is 10.1 Å². The largest absolute Gasteiger partial charge is 0.497 e. The third-order valence-corrected chi connectivity index (χ3v) is 7.07. The van der Waals surface area contributed by atoms with Gasteiger partial charge in [0.2, 0.25) is 0 Å². The molecular weight excluding hydrogens is 419 g/mol. The molecule has 0 aromatic heterocycles. The Morgan fingerprint density at radius 3 is 2.39 bits per heavy atom. The van der Waals surface area contributed by atoms with Crippen molar-refractivity contribution in [2.75, 3.05) is 34.3 Å². The fourth-order valence-electron chi connectivity index (χ4n) is 5.01. The van der Waals surface area contributed by atoms with E-state index in [1.54, 1.807) is 25.1 Å². The fraction of sp³-hybridized carbons (Fsp3) is 0.385. The molecule has 7 heteroatoms. The van der Waals surface area contributed by atoms with E-state index in [1.165, 1.54) is 12.1 Å². The first-order valence-electron chi connectivity index (χ1n) is 11.2. The van der Waals surface area contributed by atoms with Gasteiger partial charge in [-0.2, -0.15) is 5.26 Å². The molecule has 172 valence electrons. The molecule has 2 aromatic rings. The molecule has 6 nitrogen and oxygen atoms in total. The van der Waals surface area contributed by atoms with Crippen molar-refractivity contribution in [3.63, 3.8) is 0 Å². The third kappa shape index (κ3) is 3.96. The van der Waals surface area contributed by atoms with E-state index >= 15 is 0 Å². The summed E-state index contributed by atoms with van der Waals surface area (Å²) < 4.78 is 20.0. The molecule has 1 amide bonds. The molecule has 2 heterocycles. The molecule has 0 spiro atoms. The Bertz CT molecular complexity index is 1100. The molecule has 2 aliphatic heterocycles. The number of rotatable bonds is 5. The maximum Gasteiger partial charge on any atom is 0.270 e.